The summed E-state index contributed by atoms with van der Waals surface area (Å²) in [6.45, 7) is 4.12. The average Bonchev–Trinajstić information content (AvgIpc) is 2.44. The van der Waals surface area contributed by atoms with E-state index in [1.807, 2.05) is 13.0 Å². The minimum absolute atomic E-state index is 0.0153. The van der Waals surface area contributed by atoms with Crippen LogP contribution in [-0.4, -0.2) is 19.0 Å². The van der Waals surface area contributed by atoms with Crippen molar-refractivity contribution in [2.45, 2.75) is 32.6 Å². The second-order valence-electron chi connectivity index (χ2n) is 4.81. The van der Waals surface area contributed by atoms with Crippen LogP contribution in [0.2, 0.25) is 0 Å². The molecule has 0 saturated heterocycles. The molecule has 4 nitrogen and oxygen atoms in total. The zero-order valence-corrected chi connectivity index (χ0v) is 11.5. The maximum atomic E-state index is 12.1. The molecule has 0 spiro atoms. The molecule has 102 valence electrons. The maximum Gasteiger partial charge on any atom is 0.337 e. The van der Waals surface area contributed by atoms with Crippen molar-refractivity contribution in [1.82, 2.24) is 0 Å². The highest BCUT2D eigenvalue weighted by atomic mass is 16.5. The minimum atomic E-state index is -0.386. The van der Waals surface area contributed by atoms with Crippen LogP contribution in [0.5, 0.6) is 0 Å². The van der Waals surface area contributed by atoms with Gasteiger partial charge in [0.05, 0.1) is 12.7 Å². The minimum Gasteiger partial charge on any atom is -0.465 e. The first-order chi connectivity index (χ1) is 9.12. The first kappa shape index (κ1) is 13.6. The van der Waals surface area contributed by atoms with Crippen molar-refractivity contribution in [2.24, 2.45) is 5.92 Å². The molecule has 0 fully saturated rings. The summed E-state index contributed by atoms with van der Waals surface area (Å²) in [4.78, 5) is 23.6. The molecule has 1 aliphatic rings. The third kappa shape index (κ3) is 2.35. The van der Waals surface area contributed by atoms with E-state index < -0.39 is 0 Å². The van der Waals surface area contributed by atoms with Crippen molar-refractivity contribution < 1.29 is 14.3 Å². The molecule has 1 heterocycles. The summed E-state index contributed by atoms with van der Waals surface area (Å²) in [6.07, 6.45) is 1.74. The number of anilines is 1. The highest BCUT2D eigenvalue weighted by Gasteiger charge is 2.33. The van der Waals surface area contributed by atoms with Crippen LogP contribution >= 0.6 is 0 Å². The van der Waals surface area contributed by atoms with Crippen molar-refractivity contribution >= 4 is 17.6 Å². The molecule has 2 atom stereocenters. The van der Waals surface area contributed by atoms with E-state index in [1.54, 1.807) is 12.1 Å². The van der Waals surface area contributed by atoms with E-state index in [4.69, 9.17) is 4.74 Å². The quantitative estimate of drug-likeness (QED) is 0.851. The van der Waals surface area contributed by atoms with Crippen LogP contribution in [0.25, 0.3) is 0 Å². The Morgan fingerprint density at radius 1 is 1.26 bits per heavy atom. The van der Waals surface area contributed by atoms with Crippen LogP contribution in [0.15, 0.2) is 18.2 Å². The molecule has 1 amide bonds. The number of nitrogens with one attached hydrogen (secondary N) is 1. The van der Waals surface area contributed by atoms with Crippen LogP contribution < -0.4 is 5.32 Å². The highest BCUT2D eigenvalue weighted by Crippen LogP contribution is 2.39. The lowest BCUT2D eigenvalue weighted by Crippen LogP contribution is -2.33. The number of ether oxygens (including phenoxy) is 1. The van der Waals surface area contributed by atoms with Gasteiger partial charge in [0.2, 0.25) is 5.91 Å². The summed E-state index contributed by atoms with van der Waals surface area (Å²) >= 11 is 0. The van der Waals surface area contributed by atoms with E-state index in [2.05, 4.69) is 12.2 Å². The van der Waals surface area contributed by atoms with Gasteiger partial charge in [-0.2, -0.15) is 0 Å². The molecule has 1 aromatic rings. The van der Waals surface area contributed by atoms with Gasteiger partial charge in [-0.1, -0.05) is 19.9 Å². The number of esters is 1. The summed E-state index contributed by atoms with van der Waals surface area (Å²) in [5.41, 5.74) is 2.32. The number of methoxy groups -OCH3 is 1. The van der Waals surface area contributed by atoms with Crippen molar-refractivity contribution in [1.29, 1.82) is 0 Å². The summed E-state index contributed by atoms with van der Waals surface area (Å²) in [6, 6.07) is 5.39. The summed E-state index contributed by atoms with van der Waals surface area (Å²) in [5, 5.41) is 2.90. The zero-order valence-electron chi connectivity index (χ0n) is 11.5. The molecule has 0 radical (unpaired) electrons. The van der Waals surface area contributed by atoms with Gasteiger partial charge in [0.15, 0.2) is 0 Å². The molecule has 2 rings (SSSR count). The zero-order chi connectivity index (χ0) is 14.0. The predicted octanol–water partition coefficient (Wildman–Crippen LogP) is 2.95. The van der Waals surface area contributed by atoms with Crippen molar-refractivity contribution in [3.63, 3.8) is 0 Å². The highest BCUT2D eigenvalue weighted by molar-refractivity contribution is 5.99. The number of rotatable bonds is 3. The Morgan fingerprint density at radius 3 is 2.53 bits per heavy atom. The Balaban J connectivity index is 2.44. The number of carbonyl (C=O) groups excluding carboxylic acids is 2. The van der Waals surface area contributed by atoms with E-state index in [0.29, 0.717) is 5.56 Å². The molecule has 1 aliphatic heterocycles. The number of amides is 1. The third-order valence-electron chi connectivity index (χ3n) is 3.83. The molecule has 2 unspecified atom stereocenters. The lowest BCUT2D eigenvalue weighted by Gasteiger charge is -2.32. The van der Waals surface area contributed by atoms with E-state index in [0.717, 1.165) is 24.1 Å². The van der Waals surface area contributed by atoms with Gasteiger partial charge in [0.1, 0.15) is 0 Å². The molecule has 0 saturated carbocycles. The Hall–Kier alpha value is -1.84. The number of carbonyl (C=O) groups is 2. The Morgan fingerprint density at radius 2 is 1.95 bits per heavy atom. The van der Waals surface area contributed by atoms with Gasteiger partial charge < -0.3 is 10.1 Å². The van der Waals surface area contributed by atoms with Gasteiger partial charge in [-0.05, 0) is 36.5 Å². The Labute approximate surface area is 113 Å². The van der Waals surface area contributed by atoms with E-state index >= 15 is 0 Å². The smallest absolute Gasteiger partial charge is 0.337 e. The summed E-state index contributed by atoms with van der Waals surface area (Å²) in [5.74, 6) is -0.103. The van der Waals surface area contributed by atoms with E-state index in [9.17, 15) is 9.59 Å². The number of hydrogen-bond donors (Lipinski definition) is 1. The van der Waals surface area contributed by atoms with Gasteiger partial charge in [0.25, 0.3) is 0 Å². The Kier molecular flexibility index (Phi) is 3.88. The van der Waals surface area contributed by atoms with Crippen molar-refractivity contribution in [3.8, 4) is 0 Å². The first-order valence-corrected chi connectivity index (χ1v) is 6.65. The fourth-order valence-corrected chi connectivity index (χ4v) is 2.83. The van der Waals surface area contributed by atoms with Crippen LogP contribution in [0, 0.1) is 5.92 Å². The van der Waals surface area contributed by atoms with Gasteiger partial charge >= 0.3 is 5.97 Å². The molecule has 1 N–H and O–H groups in total. The van der Waals surface area contributed by atoms with Crippen LogP contribution in [-0.2, 0) is 9.53 Å². The molecular formula is C15H19NO3. The monoisotopic (exact) mass is 261 g/mol. The third-order valence-corrected chi connectivity index (χ3v) is 3.83. The van der Waals surface area contributed by atoms with Gasteiger partial charge in [0, 0.05) is 11.6 Å². The van der Waals surface area contributed by atoms with Gasteiger partial charge in [-0.3, -0.25) is 4.79 Å². The molecule has 0 bridgehead atoms. The van der Waals surface area contributed by atoms with E-state index in [-0.39, 0.29) is 23.7 Å². The van der Waals surface area contributed by atoms with Crippen molar-refractivity contribution in [3.05, 3.63) is 29.3 Å². The standard InChI is InChI=1S/C15H19NO3/c1-4-10-11(5-2)14(17)16-13-8-9(15(18)19-3)6-7-12(10)13/h6-8,10-11H,4-5H2,1-3H3,(H,16,17). The van der Waals surface area contributed by atoms with Crippen LogP contribution in [0.1, 0.15) is 48.5 Å². The van der Waals surface area contributed by atoms with Crippen LogP contribution in [0.3, 0.4) is 0 Å². The second kappa shape index (κ2) is 5.43. The normalized spacial score (nSPS) is 21.5. The fourth-order valence-electron chi connectivity index (χ4n) is 2.83. The summed E-state index contributed by atoms with van der Waals surface area (Å²) in [7, 11) is 1.35. The molecule has 4 heteroatoms. The Bertz CT molecular complexity index is 510. The van der Waals surface area contributed by atoms with Gasteiger partial charge in [-0.15, -0.1) is 0 Å². The molecule has 0 aromatic heterocycles. The largest absolute Gasteiger partial charge is 0.465 e. The van der Waals surface area contributed by atoms with Crippen LogP contribution in [0.4, 0.5) is 5.69 Å². The summed E-state index contributed by atoms with van der Waals surface area (Å²) < 4.78 is 4.70. The number of hydrogen-bond acceptors (Lipinski definition) is 3. The topological polar surface area (TPSA) is 55.4 Å². The fraction of sp³-hybridized carbons (Fsp3) is 0.467. The number of benzene rings is 1. The molecular weight excluding hydrogens is 242 g/mol. The van der Waals surface area contributed by atoms with Gasteiger partial charge in [-0.25, -0.2) is 4.79 Å². The van der Waals surface area contributed by atoms with Crippen molar-refractivity contribution in [2.75, 3.05) is 12.4 Å². The molecule has 1 aromatic carbocycles. The molecule has 19 heavy (non-hydrogen) atoms. The predicted molar refractivity (Wildman–Crippen MR) is 73.2 cm³/mol. The number of fused-ring (bicyclic) bond motifs is 1. The lowest BCUT2D eigenvalue weighted by atomic mass is 9.78. The average molecular weight is 261 g/mol. The second-order valence-corrected chi connectivity index (χ2v) is 4.81. The maximum absolute atomic E-state index is 12.1. The SMILES string of the molecule is CCC1C(=O)Nc2cc(C(=O)OC)ccc2C1CC. The lowest BCUT2D eigenvalue weighted by molar-refractivity contribution is -0.121. The molecule has 0 aliphatic carbocycles. The first-order valence-electron chi connectivity index (χ1n) is 6.65. The van der Waals surface area contributed by atoms with E-state index in [1.165, 1.54) is 7.11 Å².